The van der Waals surface area contributed by atoms with Crippen LogP contribution in [0.4, 0.5) is 5.69 Å². The van der Waals surface area contributed by atoms with Gasteiger partial charge in [0.2, 0.25) is 0 Å². The van der Waals surface area contributed by atoms with Gasteiger partial charge >= 0.3 is 0 Å². The Morgan fingerprint density at radius 1 is 1.10 bits per heavy atom. The molecule has 0 atom stereocenters. The molecule has 2 aromatic rings. The number of sulfonamides is 1. The number of nitrogens with one attached hydrogen (secondary N) is 1. The van der Waals surface area contributed by atoms with Gasteiger partial charge in [0.25, 0.3) is 10.0 Å². The summed E-state index contributed by atoms with van der Waals surface area (Å²) in [6.07, 6.45) is 0. The molecule has 0 unspecified atom stereocenters. The van der Waals surface area contributed by atoms with Crippen LogP contribution in [-0.2, 0) is 10.0 Å². The van der Waals surface area contributed by atoms with Gasteiger partial charge in [-0.2, -0.15) is 0 Å². The van der Waals surface area contributed by atoms with Crippen molar-refractivity contribution >= 4 is 77.4 Å². The number of hydrogen-bond acceptors (Lipinski definition) is 2. The summed E-state index contributed by atoms with van der Waals surface area (Å²) >= 11 is 17.1. The van der Waals surface area contributed by atoms with E-state index in [0.717, 1.165) is 0 Å². The van der Waals surface area contributed by atoms with E-state index in [1.807, 2.05) is 22.6 Å². The topological polar surface area (TPSA) is 46.2 Å². The Hall–Kier alpha value is -0.0200. The van der Waals surface area contributed by atoms with Crippen molar-refractivity contribution in [2.75, 3.05) is 4.72 Å². The van der Waals surface area contributed by atoms with E-state index in [0.29, 0.717) is 18.8 Å². The first-order valence-corrected chi connectivity index (χ1v) is 9.33. The van der Waals surface area contributed by atoms with Crippen molar-refractivity contribution in [2.24, 2.45) is 0 Å². The molecule has 0 aliphatic carbocycles. The van der Waals surface area contributed by atoms with E-state index in [2.05, 4.69) is 20.7 Å². The molecule has 0 heterocycles. The Bertz CT molecular complexity index is 768. The van der Waals surface area contributed by atoms with Crippen LogP contribution >= 0.6 is 61.7 Å². The summed E-state index contributed by atoms with van der Waals surface area (Å²) in [5, 5.41) is 0.690. The molecule has 106 valence electrons. The fourth-order valence-electron chi connectivity index (χ4n) is 1.47. The molecule has 0 radical (unpaired) electrons. The quantitative estimate of drug-likeness (QED) is 0.584. The maximum atomic E-state index is 12.3. The number of hydrogen-bond donors (Lipinski definition) is 1. The van der Waals surface area contributed by atoms with E-state index in [4.69, 9.17) is 23.2 Å². The molecule has 0 bridgehead atoms. The lowest BCUT2D eigenvalue weighted by molar-refractivity contribution is 0.601. The number of benzene rings is 2. The SMILES string of the molecule is O=S(=O)(Nc1ccc(Cl)cc1I)c1ccc(Br)cc1Cl. The van der Waals surface area contributed by atoms with E-state index in [1.54, 1.807) is 24.3 Å². The Labute approximate surface area is 149 Å². The Morgan fingerprint density at radius 3 is 2.40 bits per heavy atom. The lowest BCUT2D eigenvalue weighted by atomic mass is 10.3. The zero-order valence-corrected chi connectivity index (χ0v) is 15.8. The molecule has 0 aliphatic rings. The van der Waals surface area contributed by atoms with Crippen molar-refractivity contribution in [3.05, 3.63) is 54.5 Å². The van der Waals surface area contributed by atoms with Crippen LogP contribution < -0.4 is 4.72 Å². The van der Waals surface area contributed by atoms with Crippen molar-refractivity contribution < 1.29 is 8.42 Å². The van der Waals surface area contributed by atoms with Gasteiger partial charge in [0.05, 0.1) is 10.7 Å². The molecule has 0 spiro atoms. The van der Waals surface area contributed by atoms with Gasteiger partial charge in [0.15, 0.2) is 0 Å². The molecule has 2 aromatic carbocycles. The molecular formula is C12H7BrCl2INO2S. The highest BCUT2D eigenvalue weighted by Gasteiger charge is 2.19. The second kappa shape index (κ2) is 6.39. The van der Waals surface area contributed by atoms with Crippen molar-refractivity contribution in [3.8, 4) is 0 Å². The zero-order valence-electron chi connectivity index (χ0n) is 9.70. The molecule has 20 heavy (non-hydrogen) atoms. The van der Waals surface area contributed by atoms with Crippen LogP contribution in [0.25, 0.3) is 0 Å². The van der Waals surface area contributed by atoms with Crippen molar-refractivity contribution in [2.45, 2.75) is 4.90 Å². The standard InChI is InChI=1S/C12H7BrCl2INO2S/c13-7-1-4-12(9(15)5-7)20(18,19)17-11-3-2-8(14)6-10(11)16/h1-6,17H. The summed E-state index contributed by atoms with van der Waals surface area (Å²) in [7, 11) is -3.75. The average Bonchev–Trinajstić information content (AvgIpc) is 2.32. The number of rotatable bonds is 3. The molecule has 8 heteroatoms. The molecule has 0 fully saturated rings. The van der Waals surface area contributed by atoms with Crippen LogP contribution in [0.2, 0.25) is 10.0 Å². The predicted molar refractivity (Wildman–Crippen MR) is 94.1 cm³/mol. The van der Waals surface area contributed by atoms with Gasteiger partial charge in [-0.3, -0.25) is 4.72 Å². The second-order valence-electron chi connectivity index (χ2n) is 3.80. The largest absolute Gasteiger partial charge is 0.279 e. The summed E-state index contributed by atoms with van der Waals surface area (Å²) in [5.74, 6) is 0. The lowest BCUT2D eigenvalue weighted by Gasteiger charge is -2.11. The summed E-state index contributed by atoms with van der Waals surface area (Å²) in [4.78, 5) is 0.0214. The summed E-state index contributed by atoms with van der Waals surface area (Å²) in [5.41, 5.74) is 0.453. The van der Waals surface area contributed by atoms with Gasteiger partial charge in [0.1, 0.15) is 4.90 Å². The van der Waals surface area contributed by atoms with Crippen LogP contribution in [0.15, 0.2) is 45.8 Å². The van der Waals surface area contributed by atoms with Gasteiger partial charge in [-0.05, 0) is 59.0 Å². The first-order chi connectivity index (χ1) is 9.29. The third-order valence-corrected chi connectivity index (χ3v) is 5.83. The monoisotopic (exact) mass is 505 g/mol. The Kier molecular flexibility index (Phi) is 5.23. The molecular weight excluding hydrogens is 500 g/mol. The van der Waals surface area contributed by atoms with Crippen LogP contribution in [0.3, 0.4) is 0 Å². The minimum Gasteiger partial charge on any atom is -0.279 e. The van der Waals surface area contributed by atoms with Crippen LogP contribution in [0, 0.1) is 3.57 Å². The minimum atomic E-state index is -3.75. The second-order valence-corrected chi connectivity index (χ2v) is 8.38. The van der Waals surface area contributed by atoms with E-state index >= 15 is 0 Å². The smallest absolute Gasteiger partial charge is 0.263 e. The van der Waals surface area contributed by atoms with Crippen LogP contribution in [0.1, 0.15) is 0 Å². The third-order valence-electron chi connectivity index (χ3n) is 2.36. The predicted octanol–water partition coefficient (Wildman–Crippen LogP) is 5.16. The van der Waals surface area contributed by atoms with Crippen molar-refractivity contribution in [3.63, 3.8) is 0 Å². The van der Waals surface area contributed by atoms with Crippen molar-refractivity contribution in [1.82, 2.24) is 0 Å². The molecule has 0 aliphatic heterocycles. The van der Waals surface area contributed by atoms with E-state index in [-0.39, 0.29) is 9.92 Å². The molecule has 0 saturated heterocycles. The van der Waals surface area contributed by atoms with Crippen molar-refractivity contribution in [1.29, 1.82) is 0 Å². The van der Waals surface area contributed by atoms with Crippen LogP contribution in [-0.4, -0.2) is 8.42 Å². The lowest BCUT2D eigenvalue weighted by Crippen LogP contribution is -2.14. The summed E-state index contributed by atoms with van der Waals surface area (Å²) in [6.45, 7) is 0. The normalized spacial score (nSPS) is 11.4. The minimum absolute atomic E-state index is 0.0214. The number of anilines is 1. The first-order valence-electron chi connectivity index (χ1n) is 5.22. The third kappa shape index (κ3) is 3.79. The van der Waals surface area contributed by atoms with Gasteiger partial charge in [-0.15, -0.1) is 0 Å². The van der Waals surface area contributed by atoms with Gasteiger partial charge < -0.3 is 0 Å². The number of halogens is 4. The molecule has 0 saturated carbocycles. The highest BCUT2D eigenvalue weighted by molar-refractivity contribution is 14.1. The Balaban J connectivity index is 2.41. The highest BCUT2D eigenvalue weighted by atomic mass is 127. The highest BCUT2D eigenvalue weighted by Crippen LogP contribution is 2.29. The molecule has 3 nitrogen and oxygen atoms in total. The maximum Gasteiger partial charge on any atom is 0.263 e. The van der Waals surface area contributed by atoms with E-state index in [1.165, 1.54) is 12.1 Å². The average molecular weight is 507 g/mol. The van der Waals surface area contributed by atoms with Crippen LogP contribution in [0.5, 0.6) is 0 Å². The summed E-state index contributed by atoms with van der Waals surface area (Å²) in [6, 6.07) is 9.48. The Morgan fingerprint density at radius 2 is 1.80 bits per heavy atom. The maximum absolute atomic E-state index is 12.3. The van der Waals surface area contributed by atoms with Gasteiger partial charge in [-0.1, -0.05) is 39.1 Å². The molecule has 0 aromatic heterocycles. The summed E-state index contributed by atoms with van der Waals surface area (Å²) < 4.78 is 28.6. The molecule has 1 N–H and O–H groups in total. The van der Waals surface area contributed by atoms with Gasteiger partial charge in [-0.25, -0.2) is 8.42 Å². The zero-order chi connectivity index (χ0) is 14.9. The van der Waals surface area contributed by atoms with E-state index in [9.17, 15) is 8.42 Å². The van der Waals surface area contributed by atoms with E-state index < -0.39 is 10.0 Å². The fourth-order valence-corrected chi connectivity index (χ4v) is 4.77. The molecule has 0 amide bonds. The van der Waals surface area contributed by atoms with Gasteiger partial charge in [0, 0.05) is 13.1 Å². The molecule has 2 rings (SSSR count). The first kappa shape index (κ1) is 16.4. The fraction of sp³-hybridized carbons (Fsp3) is 0.